The average Bonchev–Trinajstić information content (AvgIpc) is 3.23. The van der Waals surface area contributed by atoms with Crippen LogP contribution in [-0.2, 0) is 13.0 Å². The van der Waals surface area contributed by atoms with Crippen molar-refractivity contribution < 1.29 is 28.9 Å². The van der Waals surface area contributed by atoms with E-state index in [1.807, 2.05) is 85.8 Å². The first-order valence-corrected chi connectivity index (χ1v) is 18.0. The fourth-order valence-electron chi connectivity index (χ4n) is 6.83. The molecule has 3 amide bonds. The summed E-state index contributed by atoms with van der Waals surface area (Å²) < 4.78 is 16.4. The van der Waals surface area contributed by atoms with Crippen LogP contribution in [0.15, 0.2) is 91.0 Å². The van der Waals surface area contributed by atoms with Gasteiger partial charge in [-0.05, 0) is 48.4 Å². The number of fused-ring (bicyclic) bond motifs is 2. The van der Waals surface area contributed by atoms with Crippen molar-refractivity contribution >= 4 is 62.2 Å². The van der Waals surface area contributed by atoms with Gasteiger partial charge in [-0.1, -0.05) is 43.3 Å². The zero-order valence-corrected chi connectivity index (χ0v) is 31.2. The number of amides is 3. The molecular weight excluding hydrogens is 699 g/mol. The summed E-state index contributed by atoms with van der Waals surface area (Å²) in [5.41, 5.74) is 6.29. The number of hydrogen-bond donors (Lipinski definition) is 4. The van der Waals surface area contributed by atoms with Gasteiger partial charge in [-0.15, -0.1) is 0 Å². The summed E-state index contributed by atoms with van der Waals surface area (Å²) in [4.78, 5) is 40.9. The minimum Gasteiger partial charge on any atom is -0.497 e. The minimum atomic E-state index is -0.425. The van der Waals surface area contributed by atoms with Crippen LogP contribution in [0.5, 0.6) is 17.4 Å². The van der Waals surface area contributed by atoms with Gasteiger partial charge in [0.2, 0.25) is 5.88 Å². The molecule has 0 unspecified atom stereocenters. The number of rotatable bonds is 11. The maximum Gasteiger partial charge on any atom is 0.322 e. The number of aryl methyl sites for hydroxylation is 1. The van der Waals surface area contributed by atoms with Crippen molar-refractivity contribution in [2.75, 3.05) is 68.4 Å². The number of aliphatic hydroxyl groups excluding tert-OH is 1. The number of piperazine rings is 1. The second kappa shape index (κ2) is 16.2. The summed E-state index contributed by atoms with van der Waals surface area (Å²) in [6.45, 7) is 3.77. The number of nitrogens with one attached hydrogen (secondary N) is 3. The van der Waals surface area contributed by atoms with E-state index >= 15 is 0 Å². The Morgan fingerprint density at radius 1 is 0.745 bits per heavy atom. The van der Waals surface area contributed by atoms with E-state index in [0.29, 0.717) is 66.7 Å². The van der Waals surface area contributed by atoms with Crippen LogP contribution in [0.3, 0.4) is 0 Å². The van der Waals surface area contributed by atoms with Crippen LogP contribution in [0.1, 0.15) is 28.5 Å². The Bertz CT molecular complexity index is 2300. The highest BCUT2D eigenvalue weighted by atomic mass is 16.5. The van der Waals surface area contributed by atoms with E-state index in [-0.39, 0.29) is 29.8 Å². The largest absolute Gasteiger partial charge is 0.497 e. The predicted octanol–water partition coefficient (Wildman–Crippen LogP) is 7.21. The lowest BCUT2D eigenvalue weighted by Crippen LogP contribution is -2.50. The van der Waals surface area contributed by atoms with Gasteiger partial charge in [0.1, 0.15) is 17.2 Å². The number of methoxy groups -OCH3 is 3. The number of carbonyl (C=O) groups excluding carboxylic acids is 2. The van der Waals surface area contributed by atoms with Gasteiger partial charge in [0.25, 0.3) is 5.91 Å². The van der Waals surface area contributed by atoms with Crippen LogP contribution < -0.4 is 35.1 Å². The topological polar surface area (TPSA) is 150 Å². The highest BCUT2D eigenvalue weighted by Gasteiger charge is 2.25. The van der Waals surface area contributed by atoms with Crippen molar-refractivity contribution in [1.29, 1.82) is 0 Å². The number of aliphatic hydroxyl groups is 1. The Morgan fingerprint density at radius 3 is 1.98 bits per heavy atom. The normalized spacial score (nSPS) is 12.7. The van der Waals surface area contributed by atoms with Crippen LogP contribution in [0, 0.1) is 0 Å². The van der Waals surface area contributed by atoms with Crippen molar-refractivity contribution in [3.8, 4) is 17.4 Å². The Morgan fingerprint density at radius 2 is 1.38 bits per heavy atom. The summed E-state index contributed by atoms with van der Waals surface area (Å²) in [5, 5.41) is 21.5. The van der Waals surface area contributed by atoms with Crippen LogP contribution in [0.25, 0.3) is 21.8 Å². The van der Waals surface area contributed by atoms with E-state index in [2.05, 4.69) is 25.8 Å². The van der Waals surface area contributed by atoms with Gasteiger partial charge in [0.05, 0.1) is 55.9 Å². The van der Waals surface area contributed by atoms with Crippen LogP contribution in [0.4, 0.5) is 33.2 Å². The molecule has 7 rings (SSSR count). The number of ether oxygens (including phenoxy) is 3. The second-order valence-electron chi connectivity index (χ2n) is 13.0. The third-order valence-electron chi connectivity index (χ3n) is 9.64. The van der Waals surface area contributed by atoms with Gasteiger partial charge in [-0.3, -0.25) is 4.79 Å². The smallest absolute Gasteiger partial charge is 0.322 e. The first-order valence-electron chi connectivity index (χ1n) is 18.0. The number of carbonyl (C=O) groups is 2. The van der Waals surface area contributed by atoms with Gasteiger partial charge < -0.3 is 45.1 Å². The average molecular weight is 742 g/mol. The van der Waals surface area contributed by atoms with Gasteiger partial charge in [0, 0.05) is 72.2 Å². The molecule has 2 aromatic heterocycles. The maximum atomic E-state index is 14.0. The number of pyridine rings is 2. The lowest BCUT2D eigenvalue weighted by Gasteiger charge is -2.36. The number of nitrogens with zero attached hydrogens (tertiary/aromatic N) is 4. The van der Waals surface area contributed by atoms with E-state index in [1.165, 1.54) is 7.11 Å². The molecule has 1 fully saturated rings. The Balaban J connectivity index is 1.10. The first-order chi connectivity index (χ1) is 26.8. The van der Waals surface area contributed by atoms with Crippen LogP contribution >= 0.6 is 0 Å². The van der Waals surface area contributed by atoms with Gasteiger partial charge in [0.15, 0.2) is 0 Å². The molecule has 0 atom stereocenters. The van der Waals surface area contributed by atoms with E-state index in [9.17, 15) is 14.7 Å². The zero-order chi connectivity index (χ0) is 38.5. The van der Waals surface area contributed by atoms with Gasteiger partial charge >= 0.3 is 6.03 Å². The quantitative estimate of drug-likeness (QED) is 0.100. The number of para-hydroxylation sites is 2. The molecule has 1 saturated heterocycles. The Hall–Kier alpha value is -6.60. The highest BCUT2D eigenvalue weighted by Crippen LogP contribution is 2.35. The fraction of sp³-hybridized carbons (Fsp3) is 0.238. The summed E-state index contributed by atoms with van der Waals surface area (Å²) in [6, 6.07) is 28.1. The molecule has 4 N–H and O–H groups in total. The summed E-state index contributed by atoms with van der Waals surface area (Å²) >= 11 is 0. The van der Waals surface area contributed by atoms with Gasteiger partial charge in [-0.25, -0.2) is 14.8 Å². The van der Waals surface area contributed by atoms with Crippen molar-refractivity contribution in [2.45, 2.75) is 20.0 Å². The molecule has 0 aliphatic carbocycles. The van der Waals surface area contributed by atoms with Crippen LogP contribution in [0.2, 0.25) is 0 Å². The first kappa shape index (κ1) is 36.7. The van der Waals surface area contributed by atoms with E-state index < -0.39 is 5.91 Å². The fourth-order valence-corrected chi connectivity index (χ4v) is 6.83. The number of urea groups is 1. The molecule has 13 heteroatoms. The van der Waals surface area contributed by atoms with E-state index in [0.717, 1.165) is 33.2 Å². The van der Waals surface area contributed by atoms with Crippen LogP contribution in [-0.4, -0.2) is 79.4 Å². The lowest BCUT2D eigenvalue weighted by atomic mass is 10.1. The molecule has 282 valence electrons. The molecule has 4 aromatic carbocycles. The molecule has 13 nitrogen and oxygen atoms in total. The minimum absolute atomic E-state index is 0.203. The molecule has 1 aliphatic rings. The zero-order valence-electron chi connectivity index (χ0n) is 31.2. The standard InChI is InChI=1S/C42H43N7O6/c1-5-35-34(24-38(41(46-35)55-4)47-42(52)49-16-14-48(15-17-49)29-21-30(53-2)23-31(22-29)54-3)40(51)44-28-19-26(25-50)18-27(20-28)43-39-32-10-6-8-12-36(32)45-37-13-9-7-11-33(37)39/h6-13,18-24,50H,5,14-17,25H2,1-4H3,(H,43,45)(H,44,51)(H,47,52). The third kappa shape index (κ3) is 7.87. The molecule has 0 saturated carbocycles. The number of benzene rings is 4. The van der Waals surface area contributed by atoms with Crippen molar-refractivity contribution in [1.82, 2.24) is 14.9 Å². The summed E-state index contributed by atoms with van der Waals surface area (Å²) in [5.74, 6) is 1.16. The van der Waals surface area contributed by atoms with Crippen molar-refractivity contribution in [2.24, 2.45) is 0 Å². The maximum absolute atomic E-state index is 14.0. The molecule has 0 spiro atoms. The molecule has 55 heavy (non-hydrogen) atoms. The third-order valence-corrected chi connectivity index (χ3v) is 9.64. The van der Waals surface area contributed by atoms with E-state index in [1.54, 1.807) is 31.3 Å². The molecular formula is C42H43N7O6. The number of aromatic nitrogens is 2. The SMILES string of the molecule is CCc1nc(OC)c(NC(=O)N2CCN(c3cc(OC)cc(OC)c3)CC2)cc1C(=O)Nc1cc(CO)cc(Nc2c3ccccc3nc3ccccc23)c1. The van der Waals surface area contributed by atoms with Crippen molar-refractivity contribution in [3.05, 3.63) is 108 Å². The van der Waals surface area contributed by atoms with E-state index in [4.69, 9.17) is 19.2 Å². The number of anilines is 5. The highest BCUT2D eigenvalue weighted by molar-refractivity contribution is 6.09. The monoisotopic (exact) mass is 741 g/mol. The molecule has 3 heterocycles. The Labute approximate surface area is 318 Å². The lowest BCUT2D eigenvalue weighted by molar-refractivity contribution is 0.102. The van der Waals surface area contributed by atoms with Gasteiger partial charge in [-0.2, -0.15) is 0 Å². The number of hydrogen-bond acceptors (Lipinski definition) is 10. The molecule has 6 aromatic rings. The molecule has 0 radical (unpaired) electrons. The summed E-state index contributed by atoms with van der Waals surface area (Å²) in [6.07, 6.45) is 0.441. The summed E-state index contributed by atoms with van der Waals surface area (Å²) in [7, 11) is 4.70. The predicted molar refractivity (Wildman–Crippen MR) is 215 cm³/mol. The Kier molecular flexibility index (Phi) is 10.8. The molecule has 1 aliphatic heterocycles. The van der Waals surface area contributed by atoms with Crippen molar-refractivity contribution in [3.63, 3.8) is 0 Å². The second-order valence-corrected chi connectivity index (χ2v) is 13.0. The molecule has 0 bridgehead atoms.